The number of carbonyl (C=O) groups excluding carboxylic acids is 1. The molecule has 158 valence electrons. The number of carbonyl (C=O) groups is 1. The number of anilines is 2. The molecule has 0 aliphatic heterocycles. The third-order valence-electron chi connectivity index (χ3n) is 4.17. The lowest BCUT2D eigenvalue weighted by Gasteiger charge is -2.09. The predicted molar refractivity (Wildman–Crippen MR) is 126 cm³/mol. The van der Waals surface area contributed by atoms with Gasteiger partial charge in [-0.05, 0) is 54.6 Å². The van der Waals surface area contributed by atoms with Gasteiger partial charge in [0, 0.05) is 16.3 Å². The number of hydrogen-bond donors (Lipinski definition) is 2. The topological polar surface area (TPSA) is 88.2 Å². The molecule has 2 N–H and O–H groups in total. The minimum Gasteiger partial charge on any atom is -0.298 e. The molecule has 0 radical (unpaired) electrons. The first kappa shape index (κ1) is 21.9. The van der Waals surface area contributed by atoms with Gasteiger partial charge in [-0.2, -0.15) is 0 Å². The molecule has 1 aromatic heterocycles. The van der Waals surface area contributed by atoms with E-state index in [1.165, 1.54) is 41.7 Å². The molecule has 31 heavy (non-hydrogen) atoms. The van der Waals surface area contributed by atoms with E-state index in [2.05, 4.69) is 15.0 Å². The van der Waals surface area contributed by atoms with Crippen molar-refractivity contribution in [2.45, 2.75) is 4.90 Å². The first-order valence-corrected chi connectivity index (χ1v) is 12.1. The van der Waals surface area contributed by atoms with Crippen LogP contribution in [-0.4, -0.2) is 19.3 Å². The van der Waals surface area contributed by atoms with Crippen LogP contribution < -0.4 is 10.0 Å². The van der Waals surface area contributed by atoms with Crippen molar-refractivity contribution < 1.29 is 13.2 Å². The maximum Gasteiger partial charge on any atom is 0.261 e. The lowest BCUT2D eigenvalue weighted by Crippen LogP contribution is -2.15. The fourth-order valence-electron chi connectivity index (χ4n) is 2.72. The number of nitrogens with one attached hydrogen (secondary N) is 2. The average Bonchev–Trinajstić information content (AvgIpc) is 3.16. The second kappa shape index (κ2) is 8.64. The Hall–Kier alpha value is -2.36. The van der Waals surface area contributed by atoms with Crippen LogP contribution >= 0.6 is 46.1 Å². The Morgan fingerprint density at radius 2 is 1.65 bits per heavy atom. The standard InChI is InChI=1S/C20H12Cl3N3O3S2/c21-12-4-6-14(7-5-12)31(28,29)26-13-3-1-2-11(10-13)19(27)25-20-24-17-15(22)8-9-16(23)18(17)30-20/h1-10,26H,(H,24,25,27). The molecule has 0 fully saturated rings. The Labute approximate surface area is 196 Å². The number of sulfonamides is 1. The molecule has 4 rings (SSSR count). The number of rotatable bonds is 5. The number of aromatic nitrogens is 1. The van der Waals surface area contributed by atoms with Gasteiger partial charge in [-0.15, -0.1) is 0 Å². The molecule has 0 saturated carbocycles. The van der Waals surface area contributed by atoms with Gasteiger partial charge >= 0.3 is 0 Å². The Balaban J connectivity index is 1.55. The van der Waals surface area contributed by atoms with Crippen LogP contribution in [0.25, 0.3) is 10.2 Å². The van der Waals surface area contributed by atoms with E-state index in [-0.39, 0.29) is 16.1 Å². The van der Waals surface area contributed by atoms with E-state index < -0.39 is 15.9 Å². The number of benzene rings is 3. The lowest BCUT2D eigenvalue weighted by atomic mass is 10.2. The van der Waals surface area contributed by atoms with Crippen molar-refractivity contribution in [1.29, 1.82) is 0 Å². The fourth-order valence-corrected chi connectivity index (χ4v) is 5.31. The molecule has 0 unspecified atom stereocenters. The maximum atomic E-state index is 12.7. The first-order chi connectivity index (χ1) is 14.7. The predicted octanol–water partition coefficient (Wildman–Crippen LogP) is 6.31. The van der Waals surface area contributed by atoms with Gasteiger partial charge in [-0.25, -0.2) is 13.4 Å². The molecule has 1 heterocycles. The molecule has 0 spiro atoms. The minimum absolute atomic E-state index is 0.0509. The summed E-state index contributed by atoms with van der Waals surface area (Å²) >= 11 is 19.3. The molecule has 11 heteroatoms. The number of halogens is 3. The van der Waals surface area contributed by atoms with Crippen LogP contribution in [0.2, 0.25) is 15.1 Å². The molecular formula is C20H12Cl3N3O3S2. The van der Waals surface area contributed by atoms with Crippen molar-refractivity contribution >= 4 is 83.1 Å². The molecule has 4 aromatic rings. The van der Waals surface area contributed by atoms with Crippen LogP contribution in [0.1, 0.15) is 10.4 Å². The van der Waals surface area contributed by atoms with E-state index in [0.717, 1.165) is 0 Å². The highest BCUT2D eigenvalue weighted by Crippen LogP contribution is 2.36. The quantitative estimate of drug-likeness (QED) is 0.328. The number of amides is 1. The molecule has 3 aromatic carbocycles. The Morgan fingerprint density at radius 3 is 2.35 bits per heavy atom. The van der Waals surface area contributed by atoms with Gasteiger partial charge in [0.2, 0.25) is 0 Å². The van der Waals surface area contributed by atoms with Crippen LogP contribution in [0.4, 0.5) is 10.8 Å². The SMILES string of the molecule is O=C(Nc1nc2c(Cl)ccc(Cl)c2s1)c1cccc(NS(=O)(=O)c2ccc(Cl)cc2)c1. The summed E-state index contributed by atoms with van der Waals surface area (Å²) in [6.45, 7) is 0. The van der Waals surface area contributed by atoms with Crippen molar-refractivity contribution in [1.82, 2.24) is 4.98 Å². The molecule has 1 amide bonds. The van der Waals surface area contributed by atoms with Gasteiger partial charge in [-0.1, -0.05) is 52.2 Å². The highest BCUT2D eigenvalue weighted by Gasteiger charge is 2.17. The number of hydrogen-bond acceptors (Lipinski definition) is 5. The van der Waals surface area contributed by atoms with E-state index in [4.69, 9.17) is 34.8 Å². The lowest BCUT2D eigenvalue weighted by molar-refractivity contribution is 0.102. The summed E-state index contributed by atoms with van der Waals surface area (Å²) in [5, 5.41) is 4.34. The molecule has 0 aliphatic carbocycles. The highest BCUT2D eigenvalue weighted by molar-refractivity contribution is 7.92. The van der Waals surface area contributed by atoms with E-state index in [1.54, 1.807) is 30.3 Å². The van der Waals surface area contributed by atoms with Crippen molar-refractivity contribution in [3.8, 4) is 0 Å². The zero-order valence-electron chi connectivity index (χ0n) is 15.4. The van der Waals surface area contributed by atoms with Crippen molar-refractivity contribution in [3.63, 3.8) is 0 Å². The van der Waals surface area contributed by atoms with Gasteiger partial charge in [-0.3, -0.25) is 14.8 Å². The van der Waals surface area contributed by atoms with Crippen molar-refractivity contribution in [2.24, 2.45) is 0 Å². The normalized spacial score (nSPS) is 11.5. The smallest absolute Gasteiger partial charge is 0.261 e. The van der Waals surface area contributed by atoms with Gasteiger partial charge in [0.25, 0.3) is 15.9 Å². The number of fused-ring (bicyclic) bond motifs is 1. The summed E-state index contributed by atoms with van der Waals surface area (Å²) in [7, 11) is -3.84. The fraction of sp³-hybridized carbons (Fsp3) is 0. The molecule has 6 nitrogen and oxygen atoms in total. The Morgan fingerprint density at radius 1 is 0.935 bits per heavy atom. The van der Waals surface area contributed by atoms with Gasteiger partial charge < -0.3 is 0 Å². The van der Waals surface area contributed by atoms with E-state index in [1.807, 2.05) is 0 Å². The third kappa shape index (κ3) is 4.78. The summed E-state index contributed by atoms with van der Waals surface area (Å²) in [4.78, 5) is 17.0. The second-order valence-corrected chi connectivity index (χ2v) is 10.3. The number of thiazole rings is 1. The zero-order valence-corrected chi connectivity index (χ0v) is 19.3. The minimum atomic E-state index is -3.84. The van der Waals surface area contributed by atoms with Gasteiger partial charge in [0.15, 0.2) is 5.13 Å². The van der Waals surface area contributed by atoms with Crippen molar-refractivity contribution in [2.75, 3.05) is 10.0 Å². The first-order valence-electron chi connectivity index (χ1n) is 8.67. The van der Waals surface area contributed by atoms with Crippen LogP contribution in [-0.2, 0) is 10.0 Å². The number of nitrogens with zero attached hydrogens (tertiary/aromatic N) is 1. The summed E-state index contributed by atoms with van der Waals surface area (Å²) < 4.78 is 28.2. The highest BCUT2D eigenvalue weighted by atomic mass is 35.5. The van der Waals surface area contributed by atoms with E-state index >= 15 is 0 Å². The summed E-state index contributed by atoms with van der Waals surface area (Å²) in [5.41, 5.74) is 0.977. The van der Waals surface area contributed by atoms with Crippen molar-refractivity contribution in [3.05, 3.63) is 81.3 Å². The van der Waals surface area contributed by atoms with Crippen LogP contribution in [0.3, 0.4) is 0 Å². The molecule has 0 aliphatic rings. The Kier molecular flexibility index (Phi) is 6.09. The molecule has 0 bridgehead atoms. The summed E-state index contributed by atoms with van der Waals surface area (Å²) in [6.07, 6.45) is 0. The Bertz CT molecular complexity index is 1370. The molecule has 0 saturated heterocycles. The van der Waals surface area contributed by atoms with E-state index in [9.17, 15) is 13.2 Å². The maximum absolute atomic E-state index is 12.7. The summed E-state index contributed by atoms with van der Waals surface area (Å²) in [5.74, 6) is -0.459. The average molecular weight is 513 g/mol. The van der Waals surface area contributed by atoms with Crippen LogP contribution in [0, 0.1) is 0 Å². The van der Waals surface area contributed by atoms with Gasteiger partial charge in [0.1, 0.15) is 5.52 Å². The molecule has 0 atom stereocenters. The third-order valence-corrected chi connectivity index (χ3v) is 7.55. The van der Waals surface area contributed by atoms with Crippen LogP contribution in [0.5, 0.6) is 0 Å². The monoisotopic (exact) mass is 511 g/mol. The largest absolute Gasteiger partial charge is 0.298 e. The summed E-state index contributed by atoms with van der Waals surface area (Å²) in [6, 6.07) is 15.1. The zero-order chi connectivity index (χ0) is 22.2. The molecular weight excluding hydrogens is 501 g/mol. The van der Waals surface area contributed by atoms with E-state index in [0.29, 0.717) is 30.4 Å². The second-order valence-electron chi connectivity index (χ2n) is 6.32. The van der Waals surface area contributed by atoms with Crippen LogP contribution in [0.15, 0.2) is 65.6 Å². The van der Waals surface area contributed by atoms with Gasteiger partial charge in [0.05, 0.1) is 19.6 Å².